The molecule has 15 aromatic carbocycles. The van der Waals surface area contributed by atoms with E-state index in [0.29, 0.717) is 0 Å². The first-order valence-electron chi connectivity index (χ1n) is 26.2. The van der Waals surface area contributed by atoms with E-state index in [9.17, 15) is 0 Å². The van der Waals surface area contributed by atoms with Crippen molar-refractivity contribution >= 4 is 120 Å². The van der Waals surface area contributed by atoms with Crippen molar-refractivity contribution < 1.29 is 0 Å². The molecule has 2 nitrogen and oxygen atoms in total. The fourth-order valence-corrected chi connectivity index (χ4v) is 12.3. The molecule has 0 atom stereocenters. The van der Waals surface area contributed by atoms with E-state index in [1.54, 1.807) is 0 Å². The Morgan fingerprint density at radius 1 is 0.171 bits per heavy atom. The van der Waals surface area contributed by atoms with Gasteiger partial charge in [0.2, 0.25) is 0 Å². The van der Waals surface area contributed by atoms with Crippen LogP contribution in [0.25, 0.3) is 108 Å². The van der Waals surface area contributed by atoms with Crippen molar-refractivity contribution in [2.75, 3.05) is 9.80 Å². The van der Waals surface area contributed by atoms with E-state index in [1.807, 2.05) is 0 Å². The van der Waals surface area contributed by atoms with E-state index >= 15 is 0 Å². The van der Waals surface area contributed by atoms with Crippen molar-refractivity contribution in [1.82, 2.24) is 0 Å². The summed E-state index contributed by atoms with van der Waals surface area (Å²) in [4.78, 5) is 4.88. The maximum absolute atomic E-state index is 2.46. The van der Waals surface area contributed by atoms with Crippen LogP contribution in [0.15, 0.2) is 291 Å². The molecular weight excluding hydrogens is 917 g/mol. The van der Waals surface area contributed by atoms with Gasteiger partial charge in [0.15, 0.2) is 0 Å². The SMILES string of the molecule is c1ccc(N(c2ccc3c(-c4ccc5c(ccc6ccccc65)c4)c4cc(N(c5ccccc5)c5cccc6ccccc56)ccc4c(-c4ccc5c(ccc6ccccc65)c4)c3c2)c2cccc3ccccc23)cc1. The molecular formula is C74H48N2. The third-order valence-electron chi connectivity index (χ3n) is 15.7. The van der Waals surface area contributed by atoms with Crippen LogP contribution in [0.2, 0.25) is 0 Å². The first-order chi connectivity index (χ1) is 37.7. The standard InChI is InChI=1S/C74H48N2/c1-3-23-57(24-4-1)75(71-31-15-21-49-17-9-13-29-65(49)71)59-39-43-67-69(47-59)73(55-37-41-63-53(45-55)35-33-51-19-7-11-27-61(51)63)68-44-40-60(76(58-25-5-2-6-26-58)72-32-16-22-50-18-10-14-30-66(50)72)48-70(68)74(67)56-38-42-64-54(46-56)36-34-52-20-8-12-28-62(52)64/h1-48H. The first kappa shape index (κ1) is 43.6. The molecule has 0 heterocycles. The lowest BCUT2D eigenvalue weighted by atomic mass is 9.84. The molecule has 0 fully saturated rings. The van der Waals surface area contributed by atoms with Crippen molar-refractivity contribution in [1.29, 1.82) is 0 Å². The summed E-state index contributed by atoms with van der Waals surface area (Å²) in [5.41, 5.74) is 11.4. The lowest BCUT2D eigenvalue weighted by Gasteiger charge is -2.29. The summed E-state index contributed by atoms with van der Waals surface area (Å²) in [5, 5.41) is 19.5. The summed E-state index contributed by atoms with van der Waals surface area (Å²) >= 11 is 0. The minimum Gasteiger partial charge on any atom is -0.310 e. The van der Waals surface area contributed by atoms with Gasteiger partial charge in [0.05, 0.1) is 11.4 Å². The van der Waals surface area contributed by atoms with Gasteiger partial charge in [0.25, 0.3) is 0 Å². The zero-order chi connectivity index (χ0) is 50.1. The third kappa shape index (κ3) is 7.18. The molecule has 0 amide bonds. The topological polar surface area (TPSA) is 6.48 Å². The number of benzene rings is 15. The van der Waals surface area contributed by atoms with Gasteiger partial charge in [-0.2, -0.15) is 0 Å². The van der Waals surface area contributed by atoms with Crippen LogP contribution in [0.4, 0.5) is 34.1 Å². The molecule has 2 heteroatoms. The number of para-hydroxylation sites is 2. The summed E-state index contributed by atoms with van der Waals surface area (Å²) in [6.07, 6.45) is 0. The van der Waals surface area contributed by atoms with Crippen molar-refractivity contribution in [3.8, 4) is 22.3 Å². The molecule has 0 radical (unpaired) electrons. The Morgan fingerprint density at radius 3 is 0.934 bits per heavy atom. The van der Waals surface area contributed by atoms with Crippen LogP contribution >= 0.6 is 0 Å². The normalized spacial score (nSPS) is 11.7. The molecule has 0 bridgehead atoms. The summed E-state index contributed by atoms with van der Waals surface area (Å²) in [7, 11) is 0. The predicted octanol–water partition coefficient (Wildman–Crippen LogP) is 21.2. The van der Waals surface area contributed by atoms with Crippen molar-refractivity contribution in [3.63, 3.8) is 0 Å². The van der Waals surface area contributed by atoms with Gasteiger partial charge in [-0.1, -0.05) is 218 Å². The molecule has 0 saturated carbocycles. The Labute approximate surface area is 441 Å². The van der Waals surface area contributed by atoms with E-state index in [2.05, 4.69) is 301 Å². The number of rotatable bonds is 8. The number of hydrogen-bond donors (Lipinski definition) is 0. The monoisotopic (exact) mass is 964 g/mol. The number of hydrogen-bond acceptors (Lipinski definition) is 2. The average molecular weight is 965 g/mol. The van der Waals surface area contributed by atoms with Gasteiger partial charge in [0.1, 0.15) is 0 Å². The minimum atomic E-state index is 1.08. The number of nitrogens with zero attached hydrogens (tertiary/aromatic N) is 2. The van der Waals surface area contributed by atoms with Gasteiger partial charge in [-0.05, 0) is 170 Å². The lowest BCUT2D eigenvalue weighted by molar-refractivity contribution is 1.30. The highest BCUT2D eigenvalue weighted by Crippen LogP contribution is 2.50. The summed E-state index contributed by atoms with van der Waals surface area (Å²) in [5.74, 6) is 0. The van der Waals surface area contributed by atoms with Gasteiger partial charge < -0.3 is 9.80 Å². The second kappa shape index (κ2) is 17.9. The van der Waals surface area contributed by atoms with Crippen LogP contribution < -0.4 is 9.80 Å². The molecule has 0 spiro atoms. The zero-order valence-corrected chi connectivity index (χ0v) is 41.6. The Morgan fingerprint density at radius 2 is 0.500 bits per heavy atom. The second-order valence-electron chi connectivity index (χ2n) is 20.0. The maximum Gasteiger partial charge on any atom is 0.0540 e. The van der Waals surface area contributed by atoms with Crippen LogP contribution in [-0.4, -0.2) is 0 Å². The van der Waals surface area contributed by atoms with Crippen LogP contribution in [0, 0.1) is 0 Å². The highest BCUT2D eigenvalue weighted by atomic mass is 15.1. The fraction of sp³-hybridized carbons (Fsp3) is 0. The maximum atomic E-state index is 2.46. The molecule has 0 aliphatic carbocycles. The molecule has 0 aromatic heterocycles. The zero-order valence-electron chi connectivity index (χ0n) is 41.6. The van der Waals surface area contributed by atoms with Crippen LogP contribution in [0.3, 0.4) is 0 Å². The Hall–Kier alpha value is -10.0. The van der Waals surface area contributed by atoms with Gasteiger partial charge >= 0.3 is 0 Å². The van der Waals surface area contributed by atoms with Crippen molar-refractivity contribution in [3.05, 3.63) is 291 Å². The number of fused-ring (bicyclic) bond motifs is 10. The smallest absolute Gasteiger partial charge is 0.0540 e. The number of anilines is 6. The first-order valence-corrected chi connectivity index (χ1v) is 26.2. The van der Waals surface area contributed by atoms with E-state index in [0.717, 1.165) is 34.1 Å². The van der Waals surface area contributed by atoms with E-state index in [4.69, 9.17) is 0 Å². The van der Waals surface area contributed by atoms with Gasteiger partial charge in [0, 0.05) is 33.5 Å². The van der Waals surface area contributed by atoms with Crippen LogP contribution in [0.1, 0.15) is 0 Å². The molecule has 354 valence electrons. The average Bonchev–Trinajstić information content (AvgIpc) is 3.51. The minimum absolute atomic E-state index is 1.08. The largest absolute Gasteiger partial charge is 0.310 e. The van der Waals surface area contributed by atoms with Crippen LogP contribution in [-0.2, 0) is 0 Å². The molecule has 0 aliphatic rings. The fourth-order valence-electron chi connectivity index (χ4n) is 12.3. The molecule has 0 N–H and O–H groups in total. The van der Waals surface area contributed by atoms with Gasteiger partial charge in [-0.25, -0.2) is 0 Å². The molecule has 15 aromatic rings. The summed E-state index contributed by atoms with van der Waals surface area (Å²) < 4.78 is 0. The Bertz CT molecular complexity index is 4460. The Balaban J connectivity index is 1.07. The summed E-state index contributed by atoms with van der Waals surface area (Å²) in [6, 6.07) is 108. The second-order valence-corrected chi connectivity index (χ2v) is 20.0. The van der Waals surface area contributed by atoms with Gasteiger partial charge in [-0.15, -0.1) is 0 Å². The van der Waals surface area contributed by atoms with Crippen LogP contribution in [0.5, 0.6) is 0 Å². The van der Waals surface area contributed by atoms with E-state index < -0.39 is 0 Å². The van der Waals surface area contributed by atoms with Crippen molar-refractivity contribution in [2.45, 2.75) is 0 Å². The highest BCUT2D eigenvalue weighted by Gasteiger charge is 2.24. The molecule has 0 saturated heterocycles. The molecule has 0 unspecified atom stereocenters. The van der Waals surface area contributed by atoms with Crippen molar-refractivity contribution in [2.24, 2.45) is 0 Å². The molecule has 76 heavy (non-hydrogen) atoms. The molecule has 15 rings (SSSR count). The van der Waals surface area contributed by atoms with Gasteiger partial charge in [-0.3, -0.25) is 0 Å². The third-order valence-corrected chi connectivity index (χ3v) is 15.7. The predicted molar refractivity (Wildman–Crippen MR) is 327 cm³/mol. The highest BCUT2D eigenvalue weighted by molar-refractivity contribution is 6.24. The Kier molecular flexibility index (Phi) is 10.2. The summed E-state index contributed by atoms with van der Waals surface area (Å²) in [6.45, 7) is 0. The van der Waals surface area contributed by atoms with E-state index in [-0.39, 0.29) is 0 Å². The quantitative estimate of drug-likeness (QED) is 0.111. The molecule has 0 aliphatic heterocycles. The lowest BCUT2D eigenvalue weighted by Crippen LogP contribution is -2.11. The van der Waals surface area contributed by atoms with E-state index in [1.165, 1.54) is 108 Å².